The summed E-state index contributed by atoms with van der Waals surface area (Å²) < 4.78 is 5.77. The van der Waals surface area contributed by atoms with Crippen molar-refractivity contribution in [2.75, 3.05) is 13.1 Å². The average molecular weight is 483 g/mol. The molecule has 36 heavy (non-hydrogen) atoms. The lowest BCUT2D eigenvalue weighted by atomic mass is 9.74. The van der Waals surface area contributed by atoms with Crippen LogP contribution in [0.1, 0.15) is 50.3 Å². The molecule has 0 saturated carbocycles. The zero-order valence-electron chi connectivity index (χ0n) is 21.3. The molecule has 2 aliphatic heterocycles. The highest BCUT2D eigenvalue weighted by Crippen LogP contribution is 2.48. The van der Waals surface area contributed by atoms with Gasteiger partial charge in [-0.3, -0.25) is 9.80 Å². The van der Waals surface area contributed by atoms with Crippen molar-refractivity contribution in [3.8, 4) is 0 Å². The van der Waals surface area contributed by atoms with E-state index in [1.807, 2.05) is 39.0 Å². The van der Waals surface area contributed by atoms with E-state index in [1.165, 1.54) is 0 Å². The van der Waals surface area contributed by atoms with Crippen molar-refractivity contribution in [3.63, 3.8) is 0 Å². The summed E-state index contributed by atoms with van der Waals surface area (Å²) in [5.41, 5.74) is 1.21. The Morgan fingerprint density at radius 2 is 1.33 bits per heavy atom. The molecular formula is C31H34N2O3. The van der Waals surface area contributed by atoms with Gasteiger partial charge < -0.3 is 9.53 Å². The SMILES string of the molecule is CC(C)(C)OC(=O)N1C2CCC1(C=O)CN(C(c1ccccc1)(c1ccccc1)c1ccccc1)C2. The van der Waals surface area contributed by atoms with E-state index in [-0.39, 0.29) is 6.04 Å². The Balaban J connectivity index is 1.68. The quantitative estimate of drug-likeness (QED) is 0.349. The van der Waals surface area contributed by atoms with Gasteiger partial charge in [-0.2, -0.15) is 0 Å². The second-order valence-electron chi connectivity index (χ2n) is 11.0. The molecule has 5 rings (SSSR count). The number of hydrogen-bond acceptors (Lipinski definition) is 4. The van der Waals surface area contributed by atoms with Gasteiger partial charge in [0, 0.05) is 19.1 Å². The normalized spacial score (nSPS) is 22.3. The minimum atomic E-state index is -0.936. The molecule has 186 valence electrons. The predicted molar refractivity (Wildman–Crippen MR) is 141 cm³/mol. The molecule has 2 bridgehead atoms. The first-order chi connectivity index (χ1) is 17.3. The number of carbonyl (C=O) groups is 2. The lowest BCUT2D eigenvalue weighted by molar-refractivity contribution is -0.123. The third kappa shape index (κ3) is 4.01. The first-order valence-electron chi connectivity index (χ1n) is 12.7. The van der Waals surface area contributed by atoms with Crippen molar-refractivity contribution in [2.45, 2.75) is 56.3 Å². The fourth-order valence-corrected chi connectivity index (χ4v) is 6.14. The summed E-state index contributed by atoms with van der Waals surface area (Å²) in [7, 11) is 0. The lowest BCUT2D eigenvalue weighted by Crippen LogP contribution is -2.68. The molecule has 0 aromatic heterocycles. The van der Waals surface area contributed by atoms with Crippen LogP contribution in [0.15, 0.2) is 91.0 Å². The number of aldehydes is 1. The van der Waals surface area contributed by atoms with Crippen LogP contribution in [0.3, 0.4) is 0 Å². The number of ether oxygens (including phenoxy) is 1. The number of hydrogen-bond donors (Lipinski definition) is 0. The Hall–Kier alpha value is -3.44. The number of fused-ring (bicyclic) bond motifs is 2. The Kier molecular flexibility index (Phi) is 6.21. The number of likely N-dealkylation sites (tertiary alicyclic amines) is 1. The van der Waals surface area contributed by atoms with E-state index in [0.29, 0.717) is 19.5 Å². The molecule has 2 atom stereocenters. The van der Waals surface area contributed by atoms with Crippen molar-refractivity contribution >= 4 is 12.4 Å². The van der Waals surface area contributed by atoms with Crippen LogP contribution in [0.25, 0.3) is 0 Å². The molecule has 0 aliphatic carbocycles. The molecule has 2 fully saturated rings. The second kappa shape index (κ2) is 9.21. The molecule has 2 heterocycles. The van der Waals surface area contributed by atoms with Crippen molar-refractivity contribution in [1.82, 2.24) is 9.80 Å². The molecule has 5 heteroatoms. The highest BCUT2D eigenvalue weighted by Gasteiger charge is 2.58. The minimum Gasteiger partial charge on any atom is -0.444 e. The molecule has 5 nitrogen and oxygen atoms in total. The van der Waals surface area contributed by atoms with Gasteiger partial charge in [0.15, 0.2) is 0 Å². The largest absolute Gasteiger partial charge is 0.444 e. The summed E-state index contributed by atoms with van der Waals surface area (Å²) in [5.74, 6) is 0. The molecule has 0 radical (unpaired) electrons. The molecule has 2 saturated heterocycles. The number of piperazine rings is 1. The van der Waals surface area contributed by atoms with Crippen LogP contribution in [0.2, 0.25) is 0 Å². The molecule has 0 N–H and O–H groups in total. The minimum absolute atomic E-state index is 0.116. The Morgan fingerprint density at radius 3 is 1.75 bits per heavy atom. The number of rotatable bonds is 5. The van der Waals surface area contributed by atoms with Crippen LogP contribution in [-0.4, -0.2) is 52.5 Å². The van der Waals surface area contributed by atoms with Crippen molar-refractivity contribution < 1.29 is 14.3 Å². The van der Waals surface area contributed by atoms with Crippen LogP contribution >= 0.6 is 0 Å². The molecule has 3 aromatic carbocycles. The smallest absolute Gasteiger partial charge is 0.411 e. The molecular weight excluding hydrogens is 448 g/mol. The summed E-state index contributed by atoms with van der Waals surface area (Å²) in [5, 5.41) is 0. The van der Waals surface area contributed by atoms with Gasteiger partial charge in [-0.1, -0.05) is 91.0 Å². The van der Waals surface area contributed by atoms with Crippen LogP contribution in [0, 0.1) is 0 Å². The topological polar surface area (TPSA) is 49.9 Å². The number of benzene rings is 3. The van der Waals surface area contributed by atoms with Crippen molar-refractivity contribution in [2.24, 2.45) is 0 Å². The van der Waals surface area contributed by atoms with E-state index >= 15 is 0 Å². The third-order valence-electron chi connectivity index (χ3n) is 7.51. The fraction of sp³-hybridized carbons (Fsp3) is 0.355. The van der Waals surface area contributed by atoms with Gasteiger partial charge in [-0.25, -0.2) is 4.79 Å². The summed E-state index contributed by atoms with van der Waals surface area (Å²) >= 11 is 0. The van der Waals surface area contributed by atoms with Crippen LogP contribution in [-0.2, 0) is 15.1 Å². The molecule has 1 amide bonds. The van der Waals surface area contributed by atoms with Crippen LogP contribution in [0.5, 0.6) is 0 Å². The van der Waals surface area contributed by atoms with Gasteiger partial charge in [-0.05, 0) is 50.3 Å². The summed E-state index contributed by atoms with van der Waals surface area (Å²) in [4.78, 5) is 30.3. The predicted octanol–water partition coefficient (Wildman–Crippen LogP) is 5.63. The number of amides is 1. The fourth-order valence-electron chi connectivity index (χ4n) is 6.14. The summed E-state index contributed by atoms with van der Waals surface area (Å²) in [6.07, 6.45) is 1.98. The molecule has 2 unspecified atom stereocenters. The van der Waals surface area contributed by atoms with E-state index in [0.717, 1.165) is 29.4 Å². The Morgan fingerprint density at radius 1 is 0.861 bits per heavy atom. The maximum atomic E-state index is 13.3. The van der Waals surface area contributed by atoms with Crippen molar-refractivity contribution in [1.29, 1.82) is 0 Å². The number of carbonyl (C=O) groups excluding carboxylic acids is 2. The van der Waals surface area contributed by atoms with Gasteiger partial charge in [0.25, 0.3) is 0 Å². The lowest BCUT2D eigenvalue weighted by Gasteiger charge is -2.54. The first kappa shape index (κ1) is 24.3. The summed E-state index contributed by atoms with van der Waals surface area (Å²) in [6, 6.07) is 31.3. The number of nitrogens with zero attached hydrogens (tertiary/aromatic N) is 2. The first-order valence-corrected chi connectivity index (χ1v) is 12.7. The standard InChI is InChI=1S/C31H34N2O3/c1-29(2,3)36-28(35)33-27-19-20-30(33,23-34)22-32(21-27)31(24-13-7-4-8-14-24,25-15-9-5-10-16-25)26-17-11-6-12-18-26/h4-18,23,27H,19-22H2,1-3H3. The third-order valence-corrected chi connectivity index (χ3v) is 7.51. The molecule has 2 aliphatic rings. The molecule has 3 aromatic rings. The zero-order chi connectivity index (χ0) is 25.4. The molecule has 0 spiro atoms. The Bertz CT molecular complexity index is 1110. The van der Waals surface area contributed by atoms with E-state index in [9.17, 15) is 9.59 Å². The van der Waals surface area contributed by atoms with Crippen LogP contribution in [0.4, 0.5) is 4.79 Å². The van der Waals surface area contributed by atoms with Gasteiger partial charge in [0.05, 0.1) is 5.54 Å². The summed E-state index contributed by atoms with van der Waals surface area (Å²) in [6.45, 7) is 6.64. The second-order valence-corrected chi connectivity index (χ2v) is 11.0. The Labute approximate surface area is 213 Å². The van der Waals surface area contributed by atoms with E-state index in [2.05, 4.69) is 77.7 Å². The average Bonchev–Trinajstić information content (AvgIpc) is 3.13. The van der Waals surface area contributed by atoms with Gasteiger partial charge in [-0.15, -0.1) is 0 Å². The van der Waals surface area contributed by atoms with Gasteiger partial charge in [0.1, 0.15) is 17.4 Å². The van der Waals surface area contributed by atoms with Crippen LogP contribution < -0.4 is 0 Å². The van der Waals surface area contributed by atoms with Crippen molar-refractivity contribution in [3.05, 3.63) is 108 Å². The maximum absolute atomic E-state index is 13.3. The maximum Gasteiger partial charge on any atom is 0.411 e. The zero-order valence-corrected chi connectivity index (χ0v) is 21.3. The van der Waals surface area contributed by atoms with E-state index in [4.69, 9.17) is 4.74 Å². The highest BCUT2D eigenvalue weighted by atomic mass is 16.6. The van der Waals surface area contributed by atoms with Gasteiger partial charge in [0.2, 0.25) is 0 Å². The monoisotopic (exact) mass is 482 g/mol. The van der Waals surface area contributed by atoms with Gasteiger partial charge >= 0.3 is 6.09 Å². The van der Waals surface area contributed by atoms with E-state index in [1.54, 1.807) is 4.90 Å². The van der Waals surface area contributed by atoms with E-state index < -0.39 is 22.8 Å². The highest BCUT2D eigenvalue weighted by molar-refractivity contribution is 5.79.